The molecule has 0 atom stereocenters. The molecule has 0 aromatic heterocycles. The van der Waals surface area contributed by atoms with Gasteiger partial charge in [-0.25, -0.2) is 8.42 Å². The van der Waals surface area contributed by atoms with Crippen LogP contribution < -0.4 is 0 Å². The normalized spacial score (nSPS) is 11.1. The maximum absolute atomic E-state index is 12.2. The zero-order valence-corrected chi connectivity index (χ0v) is 12.5. The highest BCUT2D eigenvalue weighted by Crippen LogP contribution is 2.20. The van der Waals surface area contributed by atoms with Gasteiger partial charge in [-0.2, -0.15) is 0 Å². The van der Waals surface area contributed by atoms with Crippen LogP contribution in [0.3, 0.4) is 0 Å². The molecule has 0 N–H and O–H groups in total. The van der Waals surface area contributed by atoms with E-state index in [2.05, 4.69) is 6.58 Å². The van der Waals surface area contributed by atoms with Gasteiger partial charge < -0.3 is 4.90 Å². The van der Waals surface area contributed by atoms with Crippen LogP contribution in [0.2, 0.25) is 0 Å². The zero-order valence-electron chi connectivity index (χ0n) is 10.9. The first-order chi connectivity index (χ1) is 8.81. The molecule has 104 valence electrons. The number of benzene rings is 1. The lowest BCUT2D eigenvalue weighted by molar-refractivity contribution is 0.0781. The highest BCUT2D eigenvalue weighted by Gasteiger charge is 2.18. The van der Waals surface area contributed by atoms with Crippen molar-refractivity contribution in [3.63, 3.8) is 0 Å². The third-order valence-electron chi connectivity index (χ3n) is 2.73. The number of aryl methyl sites for hydroxylation is 1. The van der Waals surface area contributed by atoms with Crippen molar-refractivity contribution in [2.24, 2.45) is 0 Å². The average Bonchev–Trinajstić information content (AvgIpc) is 2.34. The lowest BCUT2D eigenvalue weighted by Gasteiger charge is -2.20. The van der Waals surface area contributed by atoms with E-state index in [-0.39, 0.29) is 10.8 Å². The maximum Gasteiger partial charge on any atom is 0.261 e. The first-order valence-corrected chi connectivity index (χ1v) is 8.07. The molecule has 0 heterocycles. The highest BCUT2D eigenvalue weighted by molar-refractivity contribution is 8.13. The van der Waals surface area contributed by atoms with Gasteiger partial charge in [-0.05, 0) is 37.6 Å². The molecule has 1 aromatic rings. The molecule has 6 heteroatoms. The molecule has 0 unspecified atom stereocenters. The molecule has 1 amide bonds. The molecule has 0 saturated heterocycles. The Labute approximate surface area is 118 Å². The number of amides is 1. The molecule has 0 aliphatic heterocycles. The lowest BCUT2D eigenvalue weighted by atomic mass is 10.1. The van der Waals surface area contributed by atoms with Gasteiger partial charge in [-0.3, -0.25) is 4.79 Å². The Morgan fingerprint density at radius 3 is 2.53 bits per heavy atom. The van der Waals surface area contributed by atoms with Gasteiger partial charge >= 0.3 is 0 Å². The van der Waals surface area contributed by atoms with Crippen molar-refractivity contribution in [3.8, 4) is 0 Å². The van der Waals surface area contributed by atoms with Crippen molar-refractivity contribution < 1.29 is 13.2 Å². The van der Waals surface area contributed by atoms with Crippen LogP contribution in [-0.2, 0) is 9.05 Å². The summed E-state index contributed by atoms with van der Waals surface area (Å²) in [7, 11) is 1.49. The summed E-state index contributed by atoms with van der Waals surface area (Å²) >= 11 is 0. The Morgan fingerprint density at radius 1 is 1.47 bits per heavy atom. The minimum atomic E-state index is -3.77. The minimum absolute atomic E-state index is 0.00464. The van der Waals surface area contributed by atoms with Crippen molar-refractivity contribution in [3.05, 3.63) is 42.0 Å². The van der Waals surface area contributed by atoms with Gasteiger partial charge in [0.15, 0.2) is 0 Å². The van der Waals surface area contributed by atoms with Gasteiger partial charge in [0.1, 0.15) is 0 Å². The Morgan fingerprint density at radius 2 is 2.11 bits per heavy atom. The summed E-state index contributed by atoms with van der Waals surface area (Å²) in [5.41, 5.74) is 1.04. The first kappa shape index (κ1) is 15.7. The van der Waals surface area contributed by atoms with Crippen LogP contribution in [0.5, 0.6) is 0 Å². The Hall–Kier alpha value is -1.33. The molecule has 0 saturated carbocycles. The van der Waals surface area contributed by atoms with E-state index in [1.165, 1.54) is 18.2 Å². The molecule has 1 rings (SSSR count). The summed E-state index contributed by atoms with van der Waals surface area (Å²) in [4.78, 5) is 13.9. The summed E-state index contributed by atoms with van der Waals surface area (Å²) in [5, 5.41) is 0. The van der Waals surface area contributed by atoms with Gasteiger partial charge in [0.25, 0.3) is 15.0 Å². The number of carbonyl (C=O) groups excluding carboxylic acids is 1. The summed E-state index contributed by atoms with van der Waals surface area (Å²) in [6, 6.07) is 4.22. The molecular formula is C13H16ClNO3S. The fraction of sp³-hybridized carbons (Fsp3) is 0.308. The predicted molar refractivity (Wildman–Crippen MR) is 76.0 cm³/mol. The summed E-state index contributed by atoms with van der Waals surface area (Å²) in [6.07, 6.45) is 1.65. The largest absolute Gasteiger partial charge is 0.335 e. The fourth-order valence-electron chi connectivity index (χ4n) is 1.71. The number of likely N-dealkylation sites (N-methyl/N-ethyl adjacent to an activating group) is 1. The SMILES string of the molecule is C=CCN(CC)C(=O)c1ccc(S(=O)(=O)Cl)cc1C. The molecule has 1 aromatic carbocycles. The maximum atomic E-state index is 12.2. The molecule has 4 nitrogen and oxygen atoms in total. The van der Waals surface area contributed by atoms with E-state index in [4.69, 9.17) is 10.7 Å². The van der Waals surface area contributed by atoms with Crippen molar-refractivity contribution in [2.75, 3.05) is 13.1 Å². The average molecular weight is 302 g/mol. The fourth-order valence-corrected chi connectivity index (χ4v) is 2.55. The van der Waals surface area contributed by atoms with E-state index in [9.17, 15) is 13.2 Å². The second kappa shape index (κ2) is 6.21. The van der Waals surface area contributed by atoms with Crippen LogP contribution in [0.15, 0.2) is 35.7 Å². The molecule has 19 heavy (non-hydrogen) atoms. The Kier molecular flexibility index (Phi) is 5.14. The van der Waals surface area contributed by atoms with E-state index in [0.29, 0.717) is 24.2 Å². The Balaban J connectivity index is 3.16. The number of halogens is 1. The summed E-state index contributed by atoms with van der Waals surface area (Å²) in [6.45, 7) is 8.16. The number of carbonyl (C=O) groups is 1. The van der Waals surface area contributed by atoms with E-state index >= 15 is 0 Å². The van der Waals surface area contributed by atoms with E-state index in [0.717, 1.165) is 0 Å². The standard InChI is InChI=1S/C13H16ClNO3S/c1-4-8-15(5-2)13(16)12-7-6-11(9-10(12)3)19(14,17)18/h4,6-7,9H,1,5,8H2,2-3H3. The van der Waals surface area contributed by atoms with Crippen molar-refractivity contribution in [2.45, 2.75) is 18.7 Å². The second-order valence-electron chi connectivity index (χ2n) is 4.05. The van der Waals surface area contributed by atoms with Gasteiger partial charge in [0.2, 0.25) is 0 Å². The van der Waals surface area contributed by atoms with E-state index < -0.39 is 9.05 Å². The predicted octanol–water partition coefficient (Wildman–Crippen LogP) is 2.57. The van der Waals surface area contributed by atoms with Gasteiger partial charge in [-0.15, -0.1) is 6.58 Å². The van der Waals surface area contributed by atoms with Crippen LogP contribution >= 0.6 is 10.7 Å². The van der Waals surface area contributed by atoms with Gasteiger partial charge in [0, 0.05) is 29.3 Å². The number of hydrogen-bond acceptors (Lipinski definition) is 3. The van der Waals surface area contributed by atoms with Gasteiger partial charge in [-0.1, -0.05) is 6.08 Å². The molecule has 0 fully saturated rings. The third kappa shape index (κ3) is 3.81. The highest BCUT2D eigenvalue weighted by atomic mass is 35.7. The lowest BCUT2D eigenvalue weighted by Crippen LogP contribution is -2.31. The smallest absolute Gasteiger partial charge is 0.261 e. The van der Waals surface area contributed by atoms with Crippen LogP contribution in [-0.4, -0.2) is 32.3 Å². The quantitative estimate of drug-likeness (QED) is 0.620. The second-order valence-corrected chi connectivity index (χ2v) is 6.61. The van der Waals surface area contributed by atoms with Crippen LogP contribution in [0.4, 0.5) is 0 Å². The Bertz CT molecular complexity index is 596. The molecule has 0 aliphatic carbocycles. The van der Waals surface area contributed by atoms with Crippen molar-refractivity contribution >= 4 is 25.6 Å². The number of hydrogen-bond donors (Lipinski definition) is 0. The minimum Gasteiger partial charge on any atom is -0.335 e. The summed E-state index contributed by atoms with van der Waals surface area (Å²) in [5.74, 6) is -0.154. The van der Waals surface area contributed by atoms with E-state index in [1.54, 1.807) is 17.9 Å². The van der Waals surface area contributed by atoms with E-state index in [1.807, 2.05) is 6.92 Å². The number of nitrogens with zero attached hydrogens (tertiary/aromatic N) is 1. The molecular weight excluding hydrogens is 286 g/mol. The third-order valence-corrected chi connectivity index (χ3v) is 4.08. The molecule has 0 bridgehead atoms. The molecule has 0 radical (unpaired) electrons. The van der Waals surface area contributed by atoms with Crippen LogP contribution in [0.1, 0.15) is 22.8 Å². The molecule has 0 aliphatic rings. The van der Waals surface area contributed by atoms with Crippen molar-refractivity contribution in [1.29, 1.82) is 0 Å². The number of rotatable bonds is 5. The topological polar surface area (TPSA) is 54.5 Å². The van der Waals surface area contributed by atoms with Crippen LogP contribution in [0.25, 0.3) is 0 Å². The molecule has 0 spiro atoms. The first-order valence-electron chi connectivity index (χ1n) is 5.76. The monoisotopic (exact) mass is 301 g/mol. The van der Waals surface area contributed by atoms with Crippen LogP contribution in [0, 0.1) is 6.92 Å². The van der Waals surface area contributed by atoms with Crippen molar-refractivity contribution in [1.82, 2.24) is 4.90 Å². The van der Waals surface area contributed by atoms with Gasteiger partial charge in [0.05, 0.1) is 4.90 Å². The zero-order chi connectivity index (χ0) is 14.6. The summed E-state index contributed by atoms with van der Waals surface area (Å²) < 4.78 is 22.4.